The minimum absolute atomic E-state index is 0.197. The zero-order valence-electron chi connectivity index (χ0n) is 13.9. The smallest absolute Gasteiger partial charge is 0.262 e. The molecule has 6 nitrogen and oxygen atoms in total. The Morgan fingerprint density at radius 2 is 1.76 bits per heavy atom. The minimum atomic E-state index is -0.397. The second-order valence-electron chi connectivity index (χ2n) is 6.29. The minimum Gasteiger partial charge on any atom is -0.369 e. The standard InChI is InChI=1S/C19H20N2O4/c1-2-11-25-13-14-7-9-20(10-8-14)17(22)12-21-18(23)15-5-3-4-6-16(15)19(21)24/h1,3-6,14H,7-13H2. The molecule has 0 radical (unpaired) electrons. The Labute approximate surface area is 146 Å². The van der Waals surface area contributed by atoms with Crippen molar-refractivity contribution >= 4 is 17.7 Å². The lowest BCUT2D eigenvalue weighted by molar-refractivity contribution is -0.133. The van der Waals surface area contributed by atoms with Gasteiger partial charge in [-0.3, -0.25) is 19.3 Å². The molecular formula is C19H20N2O4. The average Bonchev–Trinajstić information content (AvgIpc) is 2.88. The van der Waals surface area contributed by atoms with E-state index in [0.717, 1.165) is 17.7 Å². The monoisotopic (exact) mass is 340 g/mol. The number of nitrogens with zero attached hydrogens (tertiary/aromatic N) is 2. The van der Waals surface area contributed by atoms with Crippen molar-refractivity contribution < 1.29 is 19.1 Å². The maximum Gasteiger partial charge on any atom is 0.262 e. The summed E-state index contributed by atoms with van der Waals surface area (Å²) in [5.74, 6) is 1.83. The first-order chi connectivity index (χ1) is 12.1. The van der Waals surface area contributed by atoms with Crippen molar-refractivity contribution in [1.82, 2.24) is 9.80 Å². The van der Waals surface area contributed by atoms with Gasteiger partial charge >= 0.3 is 0 Å². The number of benzene rings is 1. The molecule has 0 aliphatic carbocycles. The molecule has 0 N–H and O–H groups in total. The summed E-state index contributed by atoms with van der Waals surface area (Å²) >= 11 is 0. The molecule has 0 spiro atoms. The first-order valence-electron chi connectivity index (χ1n) is 8.36. The van der Waals surface area contributed by atoms with Crippen molar-refractivity contribution in [2.75, 3.05) is 32.8 Å². The van der Waals surface area contributed by atoms with Gasteiger partial charge in [-0.15, -0.1) is 6.42 Å². The summed E-state index contributed by atoms with van der Waals surface area (Å²) in [6, 6.07) is 6.65. The van der Waals surface area contributed by atoms with Crippen molar-refractivity contribution in [2.45, 2.75) is 12.8 Å². The van der Waals surface area contributed by atoms with Crippen LogP contribution in [0, 0.1) is 18.3 Å². The summed E-state index contributed by atoms with van der Waals surface area (Å²) in [7, 11) is 0. The van der Waals surface area contributed by atoms with Crippen molar-refractivity contribution in [2.24, 2.45) is 5.92 Å². The van der Waals surface area contributed by atoms with Gasteiger partial charge in [-0.25, -0.2) is 0 Å². The van der Waals surface area contributed by atoms with Gasteiger partial charge in [0.05, 0.1) is 17.7 Å². The van der Waals surface area contributed by atoms with Crippen LogP contribution in [0.1, 0.15) is 33.6 Å². The highest BCUT2D eigenvalue weighted by Gasteiger charge is 2.37. The first kappa shape index (κ1) is 17.2. The molecule has 3 amide bonds. The molecule has 2 heterocycles. The molecule has 1 aromatic carbocycles. The number of carbonyl (C=O) groups is 3. The number of terminal acetylenes is 1. The number of carbonyl (C=O) groups excluding carboxylic acids is 3. The van der Waals surface area contributed by atoms with E-state index in [0.29, 0.717) is 43.3 Å². The van der Waals surface area contributed by atoms with Crippen LogP contribution in [0.25, 0.3) is 0 Å². The third-order valence-electron chi connectivity index (χ3n) is 4.68. The van der Waals surface area contributed by atoms with E-state index < -0.39 is 11.8 Å². The molecule has 6 heteroatoms. The van der Waals surface area contributed by atoms with Gasteiger partial charge in [0.1, 0.15) is 13.2 Å². The Bertz CT molecular complexity index is 694. The summed E-state index contributed by atoms with van der Waals surface area (Å²) in [5, 5.41) is 0. The van der Waals surface area contributed by atoms with Crippen molar-refractivity contribution in [3.05, 3.63) is 35.4 Å². The number of imide groups is 1. The van der Waals surface area contributed by atoms with E-state index in [-0.39, 0.29) is 12.5 Å². The molecule has 1 saturated heterocycles. The van der Waals surface area contributed by atoms with Gasteiger partial charge in [-0.1, -0.05) is 18.1 Å². The molecule has 2 aliphatic rings. The molecule has 1 fully saturated rings. The number of amides is 3. The van der Waals surface area contributed by atoms with Gasteiger partial charge in [0.25, 0.3) is 11.8 Å². The third-order valence-corrected chi connectivity index (χ3v) is 4.68. The van der Waals surface area contributed by atoms with E-state index in [1.54, 1.807) is 29.2 Å². The van der Waals surface area contributed by atoms with E-state index in [2.05, 4.69) is 5.92 Å². The number of likely N-dealkylation sites (tertiary alicyclic amines) is 1. The van der Waals surface area contributed by atoms with Crippen LogP contribution in [0.4, 0.5) is 0 Å². The molecule has 3 rings (SSSR count). The molecular weight excluding hydrogens is 320 g/mol. The lowest BCUT2D eigenvalue weighted by Gasteiger charge is -2.32. The Morgan fingerprint density at radius 1 is 1.16 bits per heavy atom. The Morgan fingerprint density at radius 3 is 2.32 bits per heavy atom. The Hall–Kier alpha value is -2.65. The van der Waals surface area contributed by atoms with E-state index >= 15 is 0 Å². The molecule has 25 heavy (non-hydrogen) atoms. The van der Waals surface area contributed by atoms with Gasteiger partial charge < -0.3 is 9.64 Å². The lowest BCUT2D eigenvalue weighted by atomic mass is 9.98. The molecule has 0 aromatic heterocycles. The van der Waals surface area contributed by atoms with Crippen molar-refractivity contribution in [3.63, 3.8) is 0 Å². The average molecular weight is 340 g/mol. The predicted molar refractivity (Wildman–Crippen MR) is 90.8 cm³/mol. The molecule has 130 valence electrons. The zero-order chi connectivity index (χ0) is 17.8. The molecule has 0 bridgehead atoms. The number of rotatable bonds is 5. The van der Waals surface area contributed by atoms with Gasteiger partial charge in [-0.2, -0.15) is 0 Å². The van der Waals surface area contributed by atoms with Gasteiger partial charge in [-0.05, 0) is 30.9 Å². The highest BCUT2D eigenvalue weighted by Crippen LogP contribution is 2.23. The van der Waals surface area contributed by atoms with Crippen LogP contribution < -0.4 is 0 Å². The normalized spacial score (nSPS) is 17.6. The topological polar surface area (TPSA) is 66.9 Å². The summed E-state index contributed by atoms with van der Waals surface area (Å²) in [4.78, 5) is 39.9. The maximum absolute atomic E-state index is 12.5. The fourth-order valence-corrected chi connectivity index (χ4v) is 3.25. The molecule has 0 saturated carbocycles. The fraction of sp³-hybridized carbons (Fsp3) is 0.421. The molecule has 1 aromatic rings. The summed E-state index contributed by atoms with van der Waals surface area (Å²) in [5.41, 5.74) is 0.731. The highest BCUT2D eigenvalue weighted by molar-refractivity contribution is 6.22. The molecule has 0 unspecified atom stereocenters. The zero-order valence-corrected chi connectivity index (χ0v) is 13.9. The summed E-state index contributed by atoms with van der Waals surface area (Å²) in [6.45, 7) is 1.91. The SMILES string of the molecule is C#CCOCC1CCN(C(=O)CN2C(=O)c3ccccc3C2=O)CC1. The lowest BCUT2D eigenvalue weighted by Crippen LogP contribution is -2.46. The van der Waals surface area contributed by atoms with Gasteiger partial charge in [0.2, 0.25) is 5.91 Å². The summed E-state index contributed by atoms with van der Waals surface area (Å²) in [6.07, 6.45) is 6.81. The Kier molecular flexibility index (Phi) is 5.15. The van der Waals surface area contributed by atoms with Crippen LogP contribution in [-0.2, 0) is 9.53 Å². The van der Waals surface area contributed by atoms with E-state index in [9.17, 15) is 14.4 Å². The number of piperidine rings is 1. The first-order valence-corrected chi connectivity index (χ1v) is 8.36. The predicted octanol–water partition coefficient (Wildman–Crippen LogP) is 1.17. The van der Waals surface area contributed by atoms with E-state index in [1.807, 2.05) is 0 Å². The number of hydrogen-bond donors (Lipinski definition) is 0. The van der Waals surface area contributed by atoms with E-state index in [1.165, 1.54) is 0 Å². The summed E-state index contributed by atoms with van der Waals surface area (Å²) < 4.78 is 5.35. The second kappa shape index (κ2) is 7.49. The molecule has 2 aliphatic heterocycles. The highest BCUT2D eigenvalue weighted by atomic mass is 16.5. The largest absolute Gasteiger partial charge is 0.369 e. The van der Waals surface area contributed by atoms with Crippen LogP contribution in [0.2, 0.25) is 0 Å². The van der Waals surface area contributed by atoms with Crippen LogP contribution >= 0.6 is 0 Å². The number of hydrogen-bond acceptors (Lipinski definition) is 4. The third kappa shape index (κ3) is 3.57. The van der Waals surface area contributed by atoms with Crippen LogP contribution in [0.3, 0.4) is 0 Å². The van der Waals surface area contributed by atoms with Gasteiger partial charge in [0, 0.05) is 13.1 Å². The number of fused-ring (bicyclic) bond motifs is 1. The second-order valence-corrected chi connectivity index (χ2v) is 6.29. The van der Waals surface area contributed by atoms with Crippen molar-refractivity contribution in [3.8, 4) is 12.3 Å². The fourth-order valence-electron chi connectivity index (χ4n) is 3.25. The van der Waals surface area contributed by atoms with Crippen LogP contribution in [0.15, 0.2) is 24.3 Å². The van der Waals surface area contributed by atoms with Crippen LogP contribution in [0.5, 0.6) is 0 Å². The maximum atomic E-state index is 12.5. The molecule has 0 atom stereocenters. The van der Waals surface area contributed by atoms with Gasteiger partial charge in [0.15, 0.2) is 0 Å². The quantitative estimate of drug-likeness (QED) is 0.458. The number of ether oxygens (including phenoxy) is 1. The van der Waals surface area contributed by atoms with E-state index in [4.69, 9.17) is 11.2 Å². The Balaban J connectivity index is 1.53. The van der Waals surface area contributed by atoms with Crippen LogP contribution in [-0.4, -0.2) is 60.4 Å². The van der Waals surface area contributed by atoms with Crippen molar-refractivity contribution in [1.29, 1.82) is 0 Å².